The van der Waals surface area contributed by atoms with Crippen molar-refractivity contribution in [3.05, 3.63) is 65.0 Å². The number of fused-ring (bicyclic) bond motifs is 1. The summed E-state index contributed by atoms with van der Waals surface area (Å²) in [6, 6.07) is 13.2. The lowest BCUT2D eigenvalue weighted by atomic mass is 9.77. The van der Waals surface area contributed by atoms with E-state index in [2.05, 4.69) is 31.0 Å². The molecule has 0 saturated carbocycles. The molecule has 3 nitrogen and oxygen atoms in total. The number of nitrogens with zero attached hydrogens (tertiary/aromatic N) is 1. The van der Waals surface area contributed by atoms with E-state index in [4.69, 9.17) is 5.73 Å². The van der Waals surface area contributed by atoms with E-state index in [0.717, 1.165) is 5.56 Å². The number of likely N-dealkylation sites (N-methyl/N-ethyl adjacent to an activating group) is 1. The summed E-state index contributed by atoms with van der Waals surface area (Å²) in [5.41, 5.74) is 9.22. The fourth-order valence-electron chi connectivity index (χ4n) is 3.56. The van der Waals surface area contributed by atoms with Gasteiger partial charge in [-0.15, -0.1) is 0 Å². The Hall–Kier alpha value is -1.91. The summed E-state index contributed by atoms with van der Waals surface area (Å²) in [5.74, 6) is -0.835. The molecular formula is C18H21FN2O. The van der Waals surface area contributed by atoms with E-state index in [0.29, 0.717) is 6.54 Å². The maximum Gasteiger partial charge on any atom is 0.165 e. The van der Waals surface area contributed by atoms with Gasteiger partial charge in [-0.25, -0.2) is 4.39 Å². The van der Waals surface area contributed by atoms with E-state index in [-0.39, 0.29) is 23.8 Å². The van der Waals surface area contributed by atoms with Crippen LogP contribution in [0, 0.1) is 5.82 Å². The quantitative estimate of drug-likeness (QED) is 0.896. The van der Waals surface area contributed by atoms with Crippen molar-refractivity contribution < 1.29 is 9.50 Å². The summed E-state index contributed by atoms with van der Waals surface area (Å²) in [6.45, 7) is 2.68. The monoisotopic (exact) mass is 300 g/mol. The number of hydrogen-bond donors (Lipinski definition) is 2. The van der Waals surface area contributed by atoms with Crippen molar-refractivity contribution in [1.29, 1.82) is 0 Å². The predicted molar refractivity (Wildman–Crippen MR) is 85.4 cm³/mol. The lowest BCUT2D eigenvalue weighted by molar-refractivity contribution is 0.156. The largest absolute Gasteiger partial charge is 0.505 e. The Morgan fingerprint density at radius 2 is 1.86 bits per heavy atom. The van der Waals surface area contributed by atoms with Crippen LogP contribution in [0.25, 0.3) is 0 Å². The number of phenols is 1. The van der Waals surface area contributed by atoms with Gasteiger partial charge >= 0.3 is 0 Å². The summed E-state index contributed by atoms with van der Waals surface area (Å²) >= 11 is 0. The van der Waals surface area contributed by atoms with Crippen LogP contribution in [0.1, 0.15) is 35.6 Å². The van der Waals surface area contributed by atoms with Crippen molar-refractivity contribution >= 4 is 0 Å². The Kier molecular flexibility index (Phi) is 3.89. The molecule has 0 fully saturated rings. The summed E-state index contributed by atoms with van der Waals surface area (Å²) in [6.07, 6.45) is 0. The number of benzene rings is 2. The molecule has 4 heteroatoms. The Morgan fingerprint density at radius 3 is 2.50 bits per heavy atom. The van der Waals surface area contributed by atoms with Crippen molar-refractivity contribution in [2.24, 2.45) is 5.73 Å². The Labute approximate surface area is 130 Å². The first-order chi connectivity index (χ1) is 10.5. The second-order valence-electron chi connectivity index (χ2n) is 5.98. The number of nitrogens with two attached hydrogens (primary N) is 1. The van der Waals surface area contributed by atoms with Crippen molar-refractivity contribution in [3.8, 4) is 5.75 Å². The van der Waals surface area contributed by atoms with Crippen molar-refractivity contribution in [1.82, 2.24) is 4.90 Å². The molecule has 2 aromatic carbocycles. The van der Waals surface area contributed by atoms with E-state index in [1.54, 1.807) is 6.07 Å². The standard InChI is InChI=1S/C18H21FN2O/c1-11-18(12-7-8-17(22)15(19)9-12)14-6-4-3-5-13(14)16(10-20)21(11)2/h3-9,11,16,18,22H,10,20H2,1-2H3. The highest BCUT2D eigenvalue weighted by molar-refractivity contribution is 5.44. The van der Waals surface area contributed by atoms with Gasteiger partial charge in [-0.2, -0.15) is 0 Å². The van der Waals surface area contributed by atoms with Gasteiger partial charge in [0.15, 0.2) is 11.6 Å². The third-order valence-electron chi connectivity index (χ3n) is 4.86. The van der Waals surface area contributed by atoms with Crippen molar-refractivity contribution in [2.75, 3.05) is 13.6 Å². The highest BCUT2D eigenvalue weighted by atomic mass is 19.1. The van der Waals surface area contributed by atoms with Crippen molar-refractivity contribution in [3.63, 3.8) is 0 Å². The average Bonchev–Trinajstić information content (AvgIpc) is 2.52. The minimum absolute atomic E-state index is 0.0547. The number of halogens is 1. The molecule has 0 amide bonds. The van der Waals surface area contributed by atoms with E-state index in [9.17, 15) is 9.50 Å². The van der Waals surface area contributed by atoms with Crippen LogP contribution in [0.5, 0.6) is 5.75 Å². The third-order valence-corrected chi connectivity index (χ3v) is 4.86. The maximum absolute atomic E-state index is 13.8. The lowest BCUT2D eigenvalue weighted by Gasteiger charge is -2.44. The number of phenolic OH excluding ortho intramolecular Hbond substituents is 1. The molecule has 1 aliphatic rings. The van der Waals surface area contributed by atoms with Gasteiger partial charge in [-0.3, -0.25) is 4.90 Å². The van der Waals surface area contributed by atoms with Gasteiger partial charge in [-0.05, 0) is 42.8 Å². The summed E-state index contributed by atoms with van der Waals surface area (Å²) in [4.78, 5) is 2.25. The number of hydrogen-bond acceptors (Lipinski definition) is 3. The fourth-order valence-corrected chi connectivity index (χ4v) is 3.56. The second kappa shape index (κ2) is 5.71. The highest BCUT2D eigenvalue weighted by Gasteiger charge is 2.36. The van der Waals surface area contributed by atoms with E-state index in [1.807, 2.05) is 12.1 Å². The zero-order valence-electron chi connectivity index (χ0n) is 12.8. The minimum atomic E-state index is -0.578. The van der Waals surface area contributed by atoms with Crippen LogP contribution in [-0.4, -0.2) is 29.6 Å². The van der Waals surface area contributed by atoms with Crippen LogP contribution in [0.3, 0.4) is 0 Å². The van der Waals surface area contributed by atoms with Crippen LogP contribution in [0.2, 0.25) is 0 Å². The Balaban J connectivity index is 2.15. The molecule has 22 heavy (non-hydrogen) atoms. The maximum atomic E-state index is 13.8. The van der Waals surface area contributed by atoms with Crippen LogP contribution >= 0.6 is 0 Å². The first-order valence-electron chi connectivity index (χ1n) is 7.53. The van der Waals surface area contributed by atoms with E-state index >= 15 is 0 Å². The smallest absolute Gasteiger partial charge is 0.165 e. The third kappa shape index (κ3) is 2.28. The minimum Gasteiger partial charge on any atom is -0.505 e. The van der Waals surface area contributed by atoms with Crippen LogP contribution in [-0.2, 0) is 0 Å². The first kappa shape index (κ1) is 15.0. The molecule has 2 aromatic rings. The molecule has 0 spiro atoms. The zero-order valence-corrected chi connectivity index (χ0v) is 12.8. The van der Waals surface area contributed by atoms with Crippen LogP contribution in [0.4, 0.5) is 4.39 Å². The van der Waals surface area contributed by atoms with E-state index < -0.39 is 5.82 Å². The molecule has 0 radical (unpaired) electrons. The van der Waals surface area contributed by atoms with Gasteiger partial charge in [0.2, 0.25) is 0 Å². The molecule has 3 rings (SSSR count). The summed E-state index contributed by atoms with van der Waals surface area (Å²) in [7, 11) is 2.06. The average molecular weight is 300 g/mol. The van der Waals surface area contributed by atoms with Gasteiger partial charge < -0.3 is 10.8 Å². The second-order valence-corrected chi connectivity index (χ2v) is 5.98. The number of rotatable bonds is 2. The molecule has 0 bridgehead atoms. The lowest BCUT2D eigenvalue weighted by Crippen LogP contribution is -2.45. The molecule has 1 aliphatic heterocycles. The molecular weight excluding hydrogens is 279 g/mol. The Bertz CT molecular complexity index is 689. The molecule has 0 aliphatic carbocycles. The van der Waals surface area contributed by atoms with Gasteiger partial charge in [0, 0.05) is 24.5 Å². The fraction of sp³-hybridized carbons (Fsp3) is 0.333. The normalized spacial score (nSPS) is 25.0. The molecule has 0 saturated heterocycles. The SMILES string of the molecule is CC1C(c2ccc(O)c(F)c2)c2ccccc2C(CN)N1C. The topological polar surface area (TPSA) is 49.5 Å². The van der Waals surface area contributed by atoms with Gasteiger partial charge in [0.25, 0.3) is 0 Å². The zero-order chi connectivity index (χ0) is 15.9. The van der Waals surface area contributed by atoms with Crippen LogP contribution in [0.15, 0.2) is 42.5 Å². The van der Waals surface area contributed by atoms with Gasteiger partial charge in [-0.1, -0.05) is 30.3 Å². The molecule has 0 aromatic heterocycles. The number of aromatic hydroxyl groups is 1. The van der Waals surface area contributed by atoms with Gasteiger partial charge in [0.1, 0.15) is 0 Å². The molecule has 1 heterocycles. The summed E-state index contributed by atoms with van der Waals surface area (Å²) in [5, 5.41) is 9.43. The highest BCUT2D eigenvalue weighted by Crippen LogP contribution is 2.42. The predicted octanol–water partition coefficient (Wildman–Crippen LogP) is 3.00. The molecule has 3 N–H and O–H groups in total. The molecule has 116 valence electrons. The van der Waals surface area contributed by atoms with Gasteiger partial charge in [0.05, 0.1) is 0 Å². The Morgan fingerprint density at radius 1 is 1.18 bits per heavy atom. The first-order valence-corrected chi connectivity index (χ1v) is 7.53. The van der Waals surface area contributed by atoms with Crippen LogP contribution < -0.4 is 5.73 Å². The summed E-state index contributed by atoms with van der Waals surface area (Å²) < 4.78 is 13.8. The van der Waals surface area contributed by atoms with E-state index in [1.165, 1.54) is 23.3 Å². The molecule has 3 unspecified atom stereocenters. The van der Waals surface area contributed by atoms with Crippen molar-refractivity contribution in [2.45, 2.75) is 24.9 Å². The molecule has 3 atom stereocenters.